The van der Waals surface area contributed by atoms with Crippen LogP contribution < -0.4 is 0 Å². The maximum Gasteiger partial charge on any atom is 0.525 e. The van der Waals surface area contributed by atoms with Crippen LogP contribution in [-0.4, -0.2) is 41.8 Å². The number of hydrogen-bond donors (Lipinski definition) is 0. The first-order valence-electron chi connectivity index (χ1n) is 8.57. The molecule has 2 aromatic rings. The summed E-state index contributed by atoms with van der Waals surface area (Å²) in [6, 6.07) is 5.83. The van der Waals surface area contributed by atoms with Crippen molar-refractivity contribution in [3.8, 4) is 10.6 Å². The molecule has 0 saturated carbocycles. The van der Waals surface area contributed by atoms with Gasteiger partial charge >= 0.3 is 7.12 Å². The van der Waals surface area contributed by atoms with E-state index in [4.69, 9.17) is 14.0 Å². The van der Waals surface area contributed by atoms with Gasteiger partial charge in [0, 0.05) is 7.11 Å². The van der Waals surface area contributed by atoms with Gasteiger partial charge in [-0.3, -0.25) is 4.68 Å². The fraction of sp³-hybridized carbons (Fsp3) is 0.500. The first kappa shape index (κ1) is 19.3. The predicted molar refractivity (Wildman–Crippen MR) is 103 cm³/mol. The Balaban J connectivity index is 1.89. The minimum absolute atomic E-state index is 0.472. The standard InChI is InChI=1S/C18H24BFN2O3S/c1-17(2)18(3,4)25-19(24-17)16(20)12-13-11-14(15-7-6-10-26-15)21-22(13)8-9-23-5/h6-7,10-12H,8-9H2,1-5H3. The number of ether oxygens (including phenoxy) is 1. The van der Waals surface area contributed by atoms with Crippen molar-refractivity contribution in [3.63, 3.8) is 0 Å². The molecule has 2 aromatic heterocycles. The summed E-state index contributed by atoms with van der Waals surface area (Å²) in [5.41, 5.74) is -0.176. The number of hydrogen-bond acceptors (Lipinski definition) is 5. The molecule has 1 fully saturated rings. The van der Waals surface area contributed by atoms with Gasteiger partial charge in [0.1, 0.15) is 11.4 Å². The maximum atomic E-state index is 14.9. The van der Waals surface area contributed by atoms with Gasteiger partial charge < -0.3 is 14.0 Å². The molecule has 5 nitrogen and oxygen atoms in total. The third kappa shape index (κ3) is 3.78. The highest BCUT2D eigenvalue weighted by atomic mass is 32.1. The summed E-state index contributed by atoms with van der Waals surface area (Å²) >= 11 is 1.59. The summed E-state index contributed by atoms with van der Waals surface area (Å²) in [6.07, 6.45) is 1.43. The molecule has 1 saturated heterocycles. The quantitative estimate of drug-likeness (QED) is 0.707. The number of halogens is 1. The Kier molecular flexibility index (Phi) is 5.39. The van der Waals surface area contributed by atoms with E-state index < -0.39 is 24.0 Å². The SMILES string of the molecule is COCCn1nc(-c2cccs2)cc1C=C(F)B1OC(C)(C)C(C)(C)O1. The average molecular weight is 378 g/mol. The molecule has 3 rings (SSSR count). The number of thiophene rings is 1. The van der Waals surface area contributed by atoms with Crippen molar-refractivity contribution < 1.29 is 18.4 Å². The Labute approximate surface area is 157 Å². The molecule has 0 N–H and O–H groups in total. The van der Waals surface area contributed by atoms with Crippen LogP contribution in [0.5, 0.6) is 0 Å². The summed E-state index contributed by atoms with van der Waals surface area (Å²) in [5, 5.41) is 6.57. The smallest absolute Gasteiger partial charge is 0.398 e. The van der Waals surface area contributed by atoms with Crippen molar-refractivity contribution in [2.45, 2.75) is 45.4 Å². The second-order valence-corrected chi connectivity index (χ2v) is 8.21. The molecule has 0 spiro atoms. The van der Waals surface area contributed by atoms with Crippen LogP contribution >= 0.6 is 11.3 Å². The van der Waals surface area contributed by atoms with E-state index in [0.717, 1.165) is 10.6 Å². The fourth-order valence-electron chi connectivity index (χ4n) is 2.61. The molecule has 26 heavy (non-hydrogen) atoms. The van der Waals surface area contributed by atoms with Crippen LogP contribution in [0.25, 0.3) is 16.6 Å². The van der Waals surface area contributed by atoms with Gasteiger partial charge in [-0.25, -0.2) is 4.39 Å². The molecule has 8 heteroatoms. The first-order valence-corrected chi connectivity index (χ1v) is 9.45. The molecule has 0 radical (unpaired) electrons. The number of aromatic nitrogens is 2. The Morgan fingerprint density at radius 1 is 1.35 bits per heavy atom. The number of methoxy groups -OCH3 is 1. The highest BCUT2D eigenvalue weighted by Crippen LogP contribution is 2.39. The van der Waals surface area contributed by atoms with Gasteiger partial charge in [-0.2, -0.15) is 5.10 Å². The van der Waals surface area contributed by atoms with Crippen LogP contribution in [0, 0.1) is 0 Å². The lowest BCUT2D eigenvalue weighted by molar-refractivity contribution is 0.00578. The van der Waals surface area contributed by atoms with E-state index >= 15 is 0 Å². The lowest BCUT2D eigenvalue weighted by Crippen LogP contribution is -2.41. The third-order valence-electron chi connectivity index (χ3n) is 4.86. The molecule has 0 amide bonds. The van der Waals surface area contributed by atoms with Crippen LogP contribution in [0.4, 0.5) is 4.39 Å². The summed E-state index contributed by atoms with van der Waals surface area (Å²) in [4.78, 5) is 1.03. The molecule has 0 bridgehead atoms. The summed E-state index contributed by atoms with van der Waals surface area (Å²) < 4.78 is 33.3. The molecular formula is C18H24BFN2O3S. The maximum absolute atomic E-state index is 14.9. The van der Waals surface area contributed by atoms with Gasteiger partial charge in [-0.05, 0) is 51.3 Å². The van der Waals surface area contributed by atoms with E-state index in [1.807, 2.05) is 51.3 Å². The topological polar surface area (TPSA) is 45.5 Å². The van der Waals surface area contributed by atoms with Gasteiger partial charge in [0.15, 0.2) is 0 Å². The van der Waals surface area contributed by atoms with Crippen LogP contribution in [-0.2, 0) is 20.6 Å². The molecule has 0 aliphatic carbocycles. The van der Waals surface area contributed by atoms with Gasteiger partial charge in [0.2, 0.25) is 0 Å². The summed E-state index contributed by atoms with van der Waals surface area (Å²) in [5.74, 6) is 0. The van der Waals surface area contributed by atoms with E-state index in [2.05, 4.69) is 5.10 Å². The molecule has 0 unspecified atom stereocenters. The summed E-state index contributed by atoms with van der Waals surface area (Å²) in [7, 11) is 0.611. The molecule has 1 aliphatic heterocycles. The monoisotopic (exact) mass is 378 g/mol. The van der Waals surface area contributed by atoms with Gasteiger partial charge in [0.25, 0.3) is 0 Å². The first-order chi connectivity index (χ1) is 12.2. The van der Waals surface area contributed by atoms with Crippen LogP contribution in [0.1, 0.15) is 33.4 Å². The zero-order valence-corrected chi connectivity index (χ0v) is 16.6. The molecule has 0 aromatic carbocycles. The second-order valence-electron chi connectivity index (χ2n) is 7.27. The van der Waals surface area contributed by atoms with Crippen LogP contribution in [0.3, 0.4) is 0 Å². The van der Waals surface area contributed by atoms with Crippen molar-refractivity contribution in [2.24, 2.45) is 0 Å². The van der Waals surface area contributed by atoms with E-state index in [9.17, 15) is 4.39 Å². The van der Waals surface area contributed by atoms with Gasteiger partial charge in [-0.15, -0.1) is 11.3 Å². The highest BCUT2D eigenvalue weighted by Gasteiger charge is 2.53. The van der Waals surface area contributed by atoms with Crippen LogP contribution in [0.2, 0.25) is 0 Å². The van der Waals surface area contributed by atoms with Gasteiger partial charge in [-0.1, -0.05) is 6.07 Å². The van der Waals surface area contributed by atoms with Crippen molar-refractivity contribution in [1.82, 2.24) is 9.78 Å². The van der Waals surface area contributed by atoms with E-state index in [1.54, 1.807) is 23.1 Å². The largest absolute Gasteiger partial charge is 0.525 e. The summed E-state index contributed by atoms with van der Waals surface area (Å²) in [6.45, 7) is 8.63. The van der Waals surface area contributed by atoms with E-state index in [1.165, 1.54) is 6.08 Å². The van der Waals surface area contributed by atoms with Crippen molar-refractivity contribution >= 4 is 24.5 Å². The Hall–Kier alpha value is -1.48. The number of rotatable bonds is 6. The molecule has 3 heterocycles. The molecule has 0 atom stereocenters. The fourth-order valence-corrected chi connectivity index (χ4v) is 3.30. The normalized spacial score (nSPS) is 19.3. The third-order valence-corrected chi connectivity index (χ3v) is 5.75. The Bertz CT molecular complexity index is 770. The lowest BCUT2D eigenvalue weighted by Gasteiger charge is -2.32. The van der Waals surface area contributed by atoms with Gasteiger partial charge in [0.05, 0.1) is 34.9 Å². The highest BCUT2D eigenvalue weighted by molar-refractivity contribution is 7.13. The lowest BCUT2D eigenvalue weighted by atomic mass is 9.87. The predicted octanol–water partition coefficient (Wildman–Crippen LogP) is 4.20. The minimum atomic E-state index is -1.02. The minimum Gasteiger partial charge on any atom is -0.398 e. The molecule has 140 valence electrons. The second kappa shape index (κ2) is 7.27. The Morgan fingerprint density at radius 2 is 2.04 bits per heavy atom. The zero-order chi connectivity index (χ0) is 18.9. The van der Waals surface area contributed by atoms with Crippen molar-refractivity contribution in [3.05, 3.63) is 35.0 Å². The zero-order valence-electron chi connectivity index (χ0n) is 15.8. The van der Waals surface area contributed by atoms with Crippen molar-refractivity contribution in [2.75, 3.05) is 13.7 Å². The van der Waals surface area contributed by atoms with Crippen LogP contribution in [0.15, 0.2) is 29.3 Å². The van der Waals surface area contributed by atoms with Crippen molar-refractivity contribution in [1.29, 1.82) is 0 Å². The molecular weight excluding hydrogens is 354 g/mol. The molecule has 1 aliphatic rings. The van der Waals surface area contributed by atoms with E-state index in [-0.39, 0.29) is 0 Å². The Morgan fingerprint density at radius 3 is 2.62 bits per heavy atom. The number of nitrogens with zero attached hydrogens (tertiary/aromatic N) is 2. The van der Waals surface area contributed by atoms with E-state index in [0.29, 0.717) is 18.8 Å². The average Bonchev–Trinajstić information content (AvgIpc) is 3.25.